The van der Waals surface area contributed by atoms with E-state index in [1.54, 1.807) is 0 Å². The van der Waals surface area contributed by atoms with Gasteiger partial charge in [-0.2, -0.15) is 0 Å². The van der Waals surface area contributed by atoms with Gasteiger partial charge in [0.25, 0.3) is 0 Å². The third-order valence-electron chi connectivity index (χ3n) is 3.69. The fraction of sp³-hybridized carbons (Fsp3) is 0.429. The minimum absolute atomic E-state index is 0.735. The normalized spacial score (nSPS) is 30.9. The van der Waals surface area contributed by atoms with E-state index < -0.39 is 0 Å². The topological polar surface area (TPSA) is 9.23 Å². The first-order valence-corrected chi connectivity index (χ1v) is 6.67. The van der Waals surface area contributed by atoms with Gasteiger partial charge in [-0.3, -0.25) is 0 Å². The third kappa shape index (κ3) is 2.03. The molecule has 0 aliphatic heterocycles. The number of benzene rings is 1. The third-order valence-corrected chi connectivity index (χ3v) is 4.22. The highest BCUT2D eigenvalue weighted by atomic mass is 79.9. The number of halogens is 1. The second kappa shape index (κ2) is 4.25. The highest BCUT2D eigenvalue weighted by Crippen LogP contribution is 2.43. The van der Waals surface area contributed by atoms with Crippen molar-refractivity contribution in [1.29, 1.82) is 0 Å². The van der Waals surface area contributed by atoms with Gasteiger partial charge in [-0.05, 0) is 54.9 Å². The first-order chi connectivity index (χ1) is 7.81. The Bertz CT molecular complexity index is 396. The lowest BCUT2D eigenvalue weighted by atomic mass is 9.95. The Hall–Kier alpha value is -0.760. The summed E-state index contributed by atoms with van der Waals surface area (Å²) in [6, 6.07) is 8.09. The van der Waals surface area contributed by atoms with E-state index in [4.69, 9.17) is 4.74 Å². The van der Waals surface area contributed by atoms with Crippen molar-refractivity contribution in [3.63, 3.8) is 0 Å². The zero-order valence-corrected chi connectivity index (χ0v) is 10.7. The van der Waals surface area contributed by atoms with Crippen molar-refractivity contribution in [2.45, 2.75) is 12.8 Å². The molecule has 84 valence electrons. The molecule has 1 nitrogen and oxygen atoms in total. The van der Waals surface area contributed by atoms with Crippen LogP contribution in [0.25, 0.3) is 0 Å². The van der Waals surface area contributed by atoms with Crippen molar-refractivity contribution in [1.82, 2.24) is 0 Å². The summed E-state index contributed by atoms with van der Waals surface area (Å²) in [5.41, 5.74) is 0. The lowest BCUT2D eigenvalue weighted by molar-refractivity contribution is 0.227. The Morgan fingerprint density at radius 2 is 1.94 bits per heavy atom. The Kier molecular flexibility index (Phi) is 2.76. The standard InChI is InChI=1S/C14H15BrO/c15-13-3-5-14(6-4-13)16-9-12-8-10-1-2-11(12)7-10/h1-6,10-12H,7-9H2/t10?,11-,12?/m1/s1. The molecule has 1 aromatic rings. The van der Waals surface area contributed by atoms with Gasteiger partial charge < -0.3 is 4.74 Å². The van der Waals surface area contributed by atoms with Crippen LogP contribution >= 0.6 is 15.9 Å². The molecule has 2 bridgehead atoms. The first kappa shape index (κ1) is 10.4. The number of fused-ring (bicyclic) bond motifs is 2. The molecule has 0 radical (unpaired) electrons. The van der Waals surface area contributed by atoms with E-state index >= 15 is 0 Å². The molecular weight excluding hydrogens is 264 g/mol. The number of hydrogen-bond donors (Lipinski definition) is 0. The van der Waals surface area contributed by atoms with Gasteiger partial charge in [0.05, 0.1) is 6.61 Å². The van der Waals surface area contributed by atoms with E-state index in [0.717, 1.165) is 34.6 Å². The Morgan fingerprint density at radius 1 is 1.12 bits per heavy atom. The van der Waals surface area contributed by atoms with Crippen LogP contribution in [-0.4, -0.2) is 6.61 Å². The zero-order chi connectivity index (χ0) is 11.0. The van der Waals surface area contributed by atoms with Crippen molar-refractivity contribution in [2.75, 3.05) is 6.61 Å². The molecule has 0 aromatic heterocycles. The first-order valence-electron chi connectivity index (χ1n) is 5.88. The lowest BCUT2D eigenvalue weighted by Gasteiger charge is -2.18. The van der Waals surface area contributed by atoms with E-state index in [9.17, 15) is 0 Å². The number of ether oxygens (including phenoxy) is 1. The van der Waals surface area contributed by atoms with Crippen LogP contribution in [0.5, 0.6) is 5.75 Å². The van der Waals surface area contributed by atoms with Crippen molar-refractivity contribution in [3.8, 4) is 5.75 Å². The van der Waals surface area contributed by atoms with Gasteiger partial charge in [-0.1, -0.05) is 28.1 Å². The average molecular weight is 279 g/mol. The summed E-state index contributed by atoms with van der Waals surface area (Å²) in [7, 11) is 0. The average Bonchev–Trinajstić information content (AvgIpc) is 2.90. The van der Waals surface area contributed by atoms with Crippen LogP contribution in [0.15, 0.2) is 40.9 Å². The predicted octanol–water partition coefficient (Wildman–Crippen LogP) is 4.04. The maximum Gasteiger partial charge on any atom is 0.119 e. The van der Waals surface area contributed by atoms with E-state index in [-0.39, 0.29) is 0 Å². The molecule has 0 saturated heterocycles. The van der Waals surface area contributed by atoms with E-state index in [2.05, 4.69) is 28.1 Å². The van der Waals surface area contributed by atoms with Crippen LogP contribution in [0.3, 0.4) is 0 Å². The molecule has 2 unspecified atom stereocenters. The molecule has 16 heavy (non-hydrogen) atoms. The van der Waals surface area contributed by atoms with Gasteiger partial charge in [0.2, 0.25) is 0 Å². The molecule has 0 amide bonds. The summed E-state index contributed by atoms with van der Waals surface area (Å²) in [4.78, 5) is 0. The Morgan fingerprint density at radius 3 is 2.56 bits per heavy atom. The summed E-state index contributed by atoms with van der Waals surface area (Å²) in [5.74, 6) is 3.33. The SMILES string of the molecule is Brc1ccc(OCC2CC3C=C[C@@H]2C3)cc1. The fourth-order valence-electron chi connectivity index (χ4n) is 2.82. The van der Waals surface area contributed by atoms with Gasteiger partial charge >= 0.3 is 0 Å². The number of allylic oxidation sites excluding steroid dienone is 2. The predicted molar refractivity (Wildman–Crippen MR) is 68.5 cm³/mol. The molecule has 3 rings (SSSR count). The molecule has 3 atom stereocenters. The Balaban J connectivity index is 1.57. The molecule has 1 saturated carbocycles. The van der Waals surface area contributed by atoms with E-state index in [0.29, 0.717) is 0 Å². The molecule has 2 heteroatoms. The second-order valence-corrected chi connectivity index (χ2v) is 5.72. The summed E-state index contributed by atoms with van der Waals surface area (Å²) >= 11 is 3.42. The number of rotatable bonds is 3. The molecule has 2 aliphatic rings. The van der Waals surface area contributed by atoms with Crippen LogP contribution in [-0.2, 0) is 0 Å². The van der Waals surface area contributed by atoms with Crippen molar-refractivity contribution < 1.29 is 4.74 Å². The van der Waals surface area contributed by atoms with Gasteiger partial charge in [0, 0.05) is 4.47 Å². The van der Waals surface area contributed by atoms with Crippen LogP contribution in [0, 0.1) is 17.8 Å². The van der Waals surface area contributed by atoms with E-state index in [1.807, 2.05) is 24.3 Å². The molecule has 0 spiro atoms. The van der Waals surface area contributed by atoms with Gasteiger partial charge in [-0.15, -0.1) is 0 Å². The maximum atomic E-state index is 5.84. The second-order valence-electron chi connectivity index (χ2n) is 4.81. The van der Waals surface area contributed by atoms with E-state index in [1.165, 1.54) is 12.8 Å². The highest BCUT2D eigenvalue weighted by molar-refractivity contribution is 9.10. The highest BCUT2D eigenvalue weighted by Gasteiger charge is 2.35. The zero-order valence-electron chi connectivity index (χ0n) is 9.10. The fourth-order valence-corrected chi connectivity index (χ4v) is 3.08. The van der Waals surface area contributed by atoms with Crippen LogP contribution in [0.1, 0.15) is 12.8 Å². The molecule has 0 N–H and O–H groups in total. The summed E-state index contributed by atoms with van der Waals surface area (Å²) < 4.78 is 6.94. The van der Waals surface area contributed by atoms with Gasteiger partial charge in [0.1, 0.15) is 5.75 Å². The maximum absolute atomic E-state index is 5.84. The Labute approximate surface area is 105 Å². The van der Waals surface area contributed by atoms with Gasteiger partial charge in [-0.25, -0.2) is 0 Å². The minimum Gasteiger partial charge on any atom is -0.493 e. The largest absolute Gasteiger partial charge is 0.493 e. The molecule has 2 aliphatic carbocycles. The lowest BCUT2D eigenvalue weighted by Crippen LogP contribution is -2.16. The van der Waals surface area contributed by atoms with Crippen LogP contribution < -0.4 is 4.74 Å². The molecule has 1 fully saturated rings. The summed E-state index contributed by atoms with van der Waals surface area (Å²) in [5, 5.41) is 0. The van der Waals surface area contributed by atoms with Crippen LogP contribution in [0.4, 0.5) is 0 Å². The summed E-state index contributed by atoms with van der Waals surface area (Å²) in [6.45, 7) is 0.868. The smallest absolute Gasteiger partial charge is 0.119 e. The quantitative estimate of drug-likeness (QED) is 0.759. The van der Waals surface area contributed by atoms with Gasteiger partial charge in [0.15, 0.2) is 0 Å². The number of hydrogen-bond acceptors (Lipinski definition) is 1. The van der Waals surface area contributed by atoms with Crippen molar-refractivity contribution in [2.24, 2.45) is 17.8 Å². The molecular formula is C14H15BrO. The monoisotopic (exact) mass is 278 g/mol. The summed E-state index contributed by atoms with van der Waals surface area (Å²) in [6.07, 6.45) is 7.43. The van der Waals surface area contributed by atoms with Crippen molar-refractivity contribution >= 4 is 15.9 Å². The minimum atomic E-state index is 0.735. The molecule has 0 heterocycles. The molecule has 1 aromatic carbocycles. The van der Waals surface area contributed by atoms with Crippen LogP contribution in [0.2, 0.25) is 0 Å². The van der Waals surface area contributed by atoms with Crippen molar-refractivity contribution in [3.05, 3.63) is 40.9 Å².